The number of aryl methyl sites for hydroxylation is 1. The van der Waals surface area contributed by atoms with Gasteiger partial charge in [-0.25, -0.2) is 4.39 Å². The van der Waals surface area contributed by atoms with Crippen molar-refractivity contribution in [3.8, 4) is 5.75 Å². The van der Waals surface area contributed by atoms with Crippen LogP contribution in [0.4, 0.5) is 16.0 Å². The predicted molar refractivity (Wildman–Crippen MR) is 106 cm³/mol. The molecule has 0 aliphatic carbocycles. The molecule has 2 aromatic carbocycles. The van der Waals surface area contributed by atoms with Gasteiger partial charge in [0.25, 0.3) is 0 Å². The van der Waals surface area contributed by atoms with E-state index < -0.39 is 0 Å². The van der Waals surface area contributed by atoms with Gasteiger partial charge in [-0.05, 0) is 36.2 Å². The van der Waals surface area contributed by atoms with E-state index in [1.54, 1.807) is 18.2 Å². The summed E-state index contributed by atoms with van der Waals surface area (Å²) in [5, 5.41) is 21.2. The van der Waals surface area contributed by atoms with Crippen LogP contribution in [0.25, 0.3) is 0 Å². The van der Waals surface area contributed by atoms with Crippen LogP contribution in [-0.2, 0) is 11.3 Å². The van der Waals surface area contributed by atoms with E-state index in [-0.39, 0.29) is 25.1 Å². The Bertz CT molecular complexity index is 1030. The van der Waals surface area contributed by atoms with Gasteiger partial charge >= 0.3 is 0 Å². The molecule has 2 heterocycles. The molecule has 9 heteroatoms. The van der Waals surface area contributed by atoms with Gasteiger partial charge in [0.2, 0.25) is 5.95 Å². The number of anilines is 2. The summed E-state index contributed by atoms with van der Waals surface area (Å²) < 4.78 is 26.8. The molecule has 0 saturated carbocycles. The number of nitrogens with one attached hydrogen (secondary N) is 1. The van der Waals surface area contributed by atoms with Gasteiger partial charge in [0.05, 0.1) is 24.3 Å². The van der Waals surface area contributed by atoms with Crippen LogP contribution in [0, 0.1) is 12.7 Å². The lowest BCUT2D eigenvalue weighted by Gasteiger charge is -2.27. The molecule has 1 aliphatic heterocycles. The predicted octanol–water partition coefficient (Wildman–Crippen LogP) is 3.61. The van der Waals surface area contributed by atoms with Crippen LogP contribution >= 0.6 is 11.6 Å². The zero-order valence-corrected chi connectivity index (χ0v) is 16.5. The average Bonchev–Trinajstić information content (AvgIpc) is 3.12. The van der Waals surface area contributed by atoms with Crippen molar-refractivity contribution in [1.82, 2.24) is 14.8 Å². The van der Waals surface area contributed by atoms with Gasteiger partial charge < -0.3 is 19.9 Å². The number of halogens is 2. The smallest absolute Gasteiger partial charge is 0.229 e. The molecule has 0 bridgehead atoms. The SMILES string of the molecule is Cc1cc(Cl)c(OCCO)cc1Nc1nnc2n1C(c1cccc(F)c1)COC2. The molecule has 1 aliphatic rings. The van der Waals surface area contributed by atoms with Crippen LogP contribution in [0.3, 0.4) is 0 Å². The lowest BCUT2D eigenvalue weighted by Crippen LogP contribution is -2.26. The highest BCUT2D eigenvalue weighted by molar-refractivity contribution is 6.32. The highest BCUT2D eigenvalue weighted by Gasteiger charge is 2.27. The number of hydrogen-bond donors (Lipinski definition) is 2. The number of nitrogens with zero attached hydrogens (tertiary/aromatic N) is 3. The van der Waals surface area contributed by atoms with E-state index in [1.165, 1.54) is 12.1 Å². The maximum absolute atomic E-state index is 13.8. The minimum atomic E-state index is -0.309. The van der Waals surface area contributed by atoms with Crippen molar-refractivity contribution in [2.45, 2.75) is 19.6 Å². The van der Waals surface area contributed by atoms with Crippen molar-refractivity contribution in [2.75, 3.05) is 25.1 Å². The van der Waals surface area contributed by atoms with Crippen molar-refractivity contribution in [2.24, 2.45) is 0 Å². The fraction of sp³-hybridized carbons (Fsp3) is 0.300. The molecule has 1 atom stereocenters. The summed E-state index contributed by atoms with van der Waals surface area (Å²) >= 11 is 6.23. The number of hydrogen-bond acceptors (Lipinski definition) is 6. The molecule has 0 amide bonds. The molecule has 7 nitrogen and oxygen atoms in total. The van der Waals surface area contributed by atoms with Crippen LogP contribution in [-0.4, -0.2) is 39.7 Å². The highest BCUT2D eigenvalue weighted by Crippen LogP contribution is 2.34. The Morgan fingerprint density at radius 2 is 2.21 bits per heavy atom. The molecular weight excluding hydrogens is 399 g/mol. The minimum absolute atomic E-state index is 0.111. The third-order valence-corrected chi connectivity index (χ3v) is 4.99. The summed E-state index contributed by atoms with van der Waals surface area (Å²) in [5.41, 5.74) is 2.40. The summed E-state index contributed by atoms with van der Waals surface area (Å²) in [6, 6.07) is 9.69. The largest absolute Gasteiger partial charge is 0.490 e. The molecule has 152 valence electrons. The Kier molecular flexibility index (Phi) is 5.66. The number of rotatable bonds is 6. The van der Waals surface area contributed by atoms with Crippen LogP contribution in [0.5, 0.6) is 5.75 Å². The average molecular weight is 419 g/mol. The van der Waals surface area contributed by atoms with Gasteiger partial charge in [0, 0.05) is 11.8 Å². The summed E-state index contributed by atoms with van der Waals surface area (Å²) in [6.07, 6.45) is 0. The summed E-state index contributed by atoms with van der Waals surface area (Å²) in [6.45, 7) is 2.64. The second-order valence-corrected chi connectivity index (χ2v) is 7.10. The maximum Gasteiger partial charge on any atom is 0.229 e. The molecule has 0 spiro atoms. The van der Waals surface area contributed by atoms with Crippen molar-refractivity contribution in [1.29, 1.82) is 0 Å². The quantitative estimate of drug-likeness (QED) is 0.636. The topological polar surface area (TPSA) is 81.4 Å². The monoisotopic (exact) mass is 418 g/mol. The Morgan fingerprint density at radius 3 is 3.00 bits per heavy atom. The number of aliphatic hydroxyl groups excluding tert-OH is 1. The number of aromatic nitrogens is 3. The fourth-order valence-electron chi connectivity index (χ4n) is 3.30. The van der Waals surface area contributed by atoms with E-state index >= 15 is 0 Å². The molecule has 1 aromatic heterocycles. The van der Waals surface area contributed by atoms with Gasteiger partial charge in [-0.3, -0.25) is 4.57 Å². The van der Waals surface area contributed by atoms with Gasteiger partial charge in [0.1, 0.15) is 24.8 Å². The molecule has 0 saturated heterocycles. The summed E-state index contributed by atoms with van der Waals surface area (Å²) in [4.78, 5) is 0. The van der Waals surface area contributed by atoms with Crippen molar-refractivity contribution in [3.63, 3.8) is 0 Å². The first-order valence-electron chi connectivity index (χ1n) is 9.14. The number of ether oxygens (including phenoxy) is 2. The molecular formula is C20H20ClFN4O3. The van der Waals surface area contributed by atoms with Crippen LogP contribution in [0.2, 0.25) is 5.02 Å². The van der Waals surface area contributed by atoms with Crippen LogP contribution < -0.4 is 10.1 Å². The van der Waals surface area contributed by atoms with E-state index in [9.17, 15) is 4.39 Å². The van der Waals surface area contributed by atoms with Crippen molar-refractivity contribution >= 4 is 23.2 Å². The second-order valence-electron chi connectivity index (χ2n) is 6.69. The molecule has 3 aromatic rings. The van der Waals surface area contributed by atoms with E-state index in [2.05, 4.69) is 15.5 Å². The molecule has 29 heavy (non-hydrogen) atoms. The van der Waals surface area contributed by atoms with E-state index in [4.69, 9.17) is 26.2 Å². The van der Waals surface area contributed by atoms with Crippen LogP contribution in [0.1, 0.15) is 23.0 Å². The lowest BCUT2D eigenvalue weighted by molar-refractivity contribution is 0.0669. The Labute approximate surface area is 172 Å². The highest BCUT2D eigenvalue weighted by atomic mass is 35.5. The van der Waals surface area contributed by atoms with Crippen LogP contribution in [0.15, 0.2) is 36.4 Å². The molecule has 0 radical (unpaired) electrons. The van der Waals surface area contributed by atoms with Gasteiger partial charge in [-0.1, -0.05) is 23.7 Å². The van der Waals surface area contributed by atoms with Crippen molar-refractivity contribution in [3.05, 3.63) is 64.2 Å². The first kappa shape index (κ1) is 19.6. The first-order valence-corrected chi connectivity index (χ1v) is 9.52. The van der Waals surface area contributed by atoms with E-state index in [0.29, 0.717) is 35.8 Å². The second kappa shape index (κ2) is 8.36. The zero-order chi connectivity index (χ0) is 20.4. The molecule has 0 fully saturated rings. The van der Waals surface area contributed by atoms with Gasteiger partial charge in [-0.2, -0.15) is 0 Å². The Balaban J connectivity index is 1.69. The lowest BCUT2D eigenvalue weighted by atomic mass is 10.1. The summed E-state index contributed by atoms with van der Waals surface area (Å²) in [5.74, 6) is 1.31. The third-order valence-electron chi connectivity index (χ3n) is 4.69. The zero-order valence-electron chi connectivity index (χ0n) is 15.7. The standard InChI is InChI=1S/C20H20ClFN4O3/c1-12-7-15(21)18(29-6-5-27)9-16(12)23-20-25-24-19-11-28-10-17(26(19)20)13-3-2-4-14(22)8-13/h2-4,7-9,17,27H,5-6,10-11H2,1H3,(H,23,25). The van der Waals surface area contributed by atoms with Gasteiger partial charge in [0.15, 0.2) is 5.82 Å². The normalized spacial score (nSPS) is 15.8. The Morgan fingerprint density at radius 1 is 1.34 bits per heavy atom. The molecule has 2 N–H and O–H groups in total. The van der Waals surface area contributed by atoms with Gasteiger partial charge in [-0.15, -0.1) is 10.2 Å². The maximum atomic E-state index is 13.8. The number of aliphatic hydroxyl groups is 1. The third kappa shape index (κ3) is 4.05. The number of fused-ring (bicyclic) bond motifs is 1. The summed E-state index contributed by atoms with van der Waals surface area (Å²) in [7, 11) is 0. The van der Waals surface area contributed by atoms with E-state index in [0.717, 1.165) is 16.8 Å². The molecule has 4 rings (SSSR count). The van der Waals surface area contributed by atoms with E-state index in [1.807, 2.05) is 17.6 Å². The minimum Gasteiger partial charge on any atom is -0.490 e. The molecule has 1 unspecified atom stereocenters. The number of benzene rings is 2. The fourth-order valence-corrected chi connectivity index (χ4v) is 3.58. The first-order chi connectivity index (χ1) is 14.1. The van der Waals surface area contributed by atoms with Crippen molar-refractivity contribution < 1.29 is 19.0 Å². The Hall–Kier alpha value is -2.68.